The first-order valence-corrected chi connectivity index (χ1v) is 7.05. The van der Waals surface area contributed by atoms with E-state index in [4.69, 9.17) is 0 Å². The molecule has 0 spiro atoms. The van der Waals surface area contributed by atoms with Crippen LogP contribution in [0.3, 0.4) is 0 Å². The van der Waals surface area contributed by atoms with Crippen LogP contribution in [0.1, 0.15) is 41.0 Å². The standard InChI is InChI=1S/C15H30N2O3/c1-11(2)15(5,13(19)20)8-12(18)16-9-14(3,4)10-17(6)7/h11H,8-10H2,1-7H3,(H,16,18)(H,19,20). The fraction of sp³-hybridized carbons (Fsp3) is 0.867. The van der Waals surface area contributed by atoms with Crippen LogP contribution in [0, 0.1) is 16.7 Å². The molecule has 0 radical (unpaired) electrons. The molecule has 0 aliphatic carbocycles. The van der Waals surface area contributed by atoms with E-state index in [-0.39, 0.29) is 23.7 Å². The quantitative estimate of drug-likeness (QED) is 0.714. The average Bonchev–Trinajstić information content (AvgIpc) is 2.24. The van der Waals surface area contributed by atoms with Gasteiger partial charge in [-0.1, -0.05) is 27.7 Å². The summed E-state index contributed by atoms with van der Waals surface area (Å²) >= 11 is 0. The molecule has 0 aliphatic heterocycles. The number of hydrogen-bond donors (Lipinski definition) is 2. The Balaban J connectivity index is 4.53. The molecule has 0 aromatic carbocycles. The zero-order valence-corrected chi connectivity index (χ0v) is 13.9. The number of aliphatic carboxylic acids is 1. The summed E-state index contributed by atoms with van der Waals surface area (Å²) in [6.07, 6.45) is 0.0119. The van der Waals surface area contributed by atoms with Gasteiger partial charge in [0.15, 0.2) is 0 Å². The maximum absolute atomic E-state index is 12.0. The molecule has 0 saturated heterocycles. The molecule has 1 unspecified atom stereocenters. The van der Waals surface area contributed by atoms with Crippen LogP contribution in [0.5, 0.6) is 0 Å². The minimum Gasteiger partial charge on any atom is -0.481 e. The SMILES string of the molecule is CC(C)C(C)(CC(=O)NCC(C)(C)CN(C)C)C(=O)O. The van der Waals surface area contributed by atoms with Crippen LogP contribution in [-0.2, 0) is 9.59 Å². The number of amides is 1. The third-order valence-corrected chi connectivity index (χ3v) is 3.80. The van der Waals surface area contributed by atoms with Crippen LogP contribution >= 0.6 is 0 Å². The average molecular weight is 286 g/mol. The Labute approximate surface area is 122 Å². The van der Waals surface area contributed by atoms with E-state index in [1.54, 1.807) is 6.92 Å². The number of carboxylic acids is 1. The topological polar surface area (TPSA) is 69.6 Å². The summed E-state index contributed by atoms with van der Waals surface area (Å²) < 4.78 is 0. The highest BCUT2D eigenvalue weighted by atomic mass is 16.4. The normalized spacial score (nSPS) is 15.2. The van der Waals surface area contributed by atoms with E-state index >= 15 is 0 Å². The van der Waals surface area contributed by atoms with Gasteiger partial charge >= 0.3 is 5.97 Å². The number of carboxylic acid groups (broad SMARTS) is 1. The molecular formula is C15H30N2O3. The van der Waals surface area contributed by atoms with Gasteiger partial charge in [0.05, 0.1) is 5.41 Å². The maximum Gasteiger partial charge on any atom is 0.310 e. The highest BCUT2D eigenvalue weighted by Crippen LogP contribution is 2.31. The summed E-state index contributed by atoms with van der Waals surface area (Å²) in [5.41, 5.74) is -1.06. The largest absolute Gasteiger partial charge is 0.481 e. The summed E-state index contributed by atoms with van der Waals surface area (Å²) in [4.78, 5) is 25.4. The smallest absolute Gasteiger partial charge is 0.310 e. The third-order valence-electron chi connectivity index (χ3n) is 3.80. The molecule has 0 heterocycles. The van der Waals surface area contributed by atoms with Crippen LogP contribution in [0.2, 0.25) is 0 Å². The summed E-state index contributed by atoms with van der Waals surface area (Å²) in [5, 5.41) is 12.2. The lowest BCUT2D eigenvalue weighted by atomic mass is 9.76. The summed E-state index contributed by atoms with van der Waals surface area (Å²) in [6.45, 7) is 10.8. The predicted molar refractivity (Wildman–Crippen MR) is 80.5 cm³/mol. The molecule has 1 amide bonds. The van der Waals surface area contributed by atoms with Crippen molar-refractivity contribution in [2.75, 3.05) is 27.2 Å². The molecule has 20 heavy (non-hydrogen) atoms. The first-order valence-electron chi connectivity index (χ1n) is 7.05. The molecule has 5 nitrogen and oxygen atoms in total. The Morgan fingerprint density at radius 1 is 1.20 bits per heavy atom. The first kappa shape index (κ1) is 18.9. The molecule has 1 atom stereocenters. The minimum absolute atomic E-state index is 0.0119. The fourth-order valence-corrected chi connectivity index (χ4v) is 2.17. The molecule has 0 fully saturated rings. The van der Waals surface area contributed by atoms with Gasteiger partial charge < -0.3 is 15.3 Å². The van der Waals surface area contributed by atoms with Crippen LogP contribution in [0.15, 0.2) is 0 Å². The Bertz CT molecular complexity index is 351. The number of rotatable bonds is 8. The highest BCUT2D eigenvalue weighted by molar-refractivity contribution is 5.84. The lowest BCUT2D eigenvalue weighted by molar-refractivity contribution is -0.153. The lowest BCUT2D eigenvalue weighted by Crippen LogP contribution is -2.43. The van der Waals surface area contributed by atoms with E-state index in [1.165, 1.54) is 0 Å². The second-order valence-corrected chi connectivity index (χ2v) is 7.23. The van der Waals surface area contributed by atoms with Gasteiger partial charge in [-0.2, -0.15) is 0 Å². The van der Waals surface area contributed by atoms with Gasteiger partial charge in [-0.05, 0) is 32.4 Å². The number of carbonyl (C=O) groups is 2. The van der Waals surface area contributed by atoms with E-state index in [0.29, 0.717) is 6.54 Å². The Morgan fingerprint density at radius 3 is 2.05 bits per heavy atom. The zero-order valence-electron chi connectivity index (χ0n) is 13.9. The van der Waals surface area contributed by atoms with Crippen LogP contribution in [-0.4, -0.2) is 49.1 Å². The predicted octanol–water partition coefficient (Wildman–Crippen LogP) is 1.83. The van der Waals surface area contributed by atoms with Crippen LogP contribution < -0.4 is 5.32 Å². The monoisotopic (exact) mass is 286 g/mol. The van der Waals surface area contributed by atoms with E-state index in [1.807, 2.05) is 27.9 Å². The van der Waals surface area contributed by atoms with Crippen molar-refractivity contribution in [3.63, 3.8) is 0 Å². The maximum atomic E-state index is 12.0. The van der Waals surface area contributed by atoms with Gasteiger partial charge in [0.1, 0.15) is 0 Å². The van der Waals surface area contributed by atoms with Crippen molar-refractivity contribution >= 4 is 11.9 Å². The number of carbonyl (C=O) groups excluding carboxylic acids is 1. The number of hydrogen-bond acceptors (Lipinski definition) is 3. The van der Waals surface area contributed by atoms with E-state index in [0.717, 1.165) is 6.54 Å². The molecule has 0 aromatic heterocycles. The third kappa shape index (κ3) is 5.90. The molecule has 118 valence electrons. The number of nitrogens with one attached hydrogen (secondary N) is 1. The van der Waals surface area contributed by atoms with E-state index in [9.17, 15) is 14.7 Å². The van der Waals surface area contributed by atoms with Gasteiger partial charge in [-0.25, -0.2) is 0 Å². The van der Waals surface area contributed by atoms with Gasteiger partial charge in [0, 0.05) is 19.5 Å². The second kappa shape index (κ2) is 7.07. The molecule has 0 aliphatic rings. The molecule has 0 saturated carbocycles. The van der Waals surface area contributed by atoms with Gasteiger partial charge in [-0.15, -0.1) is 0 Å². The lowest BCUT2D eigenvalue weighted by Gasteiger charge is -2.31. The van der Waals surface area contributed by atoms with Crippen molar-refractivity contribution in [2.24, 2.45) is 16.7 Å². The molecular weight excluding hydrogens is 256 g/mol. The van der Waals surface area contributed by atoms with Gasteiger partial charge in [0.25, 0.3) is 0 Å². The van der Waals surface area contributed by atoms with Crippen molar-refractivity contribution in [3.05, 3.63) is 0 Å². The van der Waals surface area contributed by atoms with Gasteiger partial charge in [-0.3, -0.25) is 9.59 Å². The van der Waals surface area contributed by atoms with Crippen molar-refractivity contribution in [1.29, 1.82) is 0 Å². The van der Waals surface area contributed by atoms with Crippen LogP contribution in [0.4, 0.5) is 0 Å². The molecule has 0 aromatic rings. The van der Waals surface area contributed by atoms with E-state index in [2.05, 4.69) is 24.1 Å². The number of nitrogens with zero attached hydrogens (tertiary/aromatic N) is 1. The Hall–Kier alpha value is -1.10. The second-order valence-electron chi connectivity index (χ2n) is 7.23. The van der Waals surface area contributed by atoms with Crippen LogP contribution in [0.25, 0.3) is 0 Å². The Morgan fingerprint density at radius 2 is 1.70 bits per heavy atom. The minimum atomic E-state index is -1.02. The summed E-state index contributed by atoms with van der Waals surface area (Å²) in [6, 6.07) is 0. The molecule has 0 rings (SSSR count). The van der Waals surface area contributed by atoms with E-state index < -0.39 is 11.4 Å². The fourth-order valence-electron chi connectivity index (χ4n) is 2.17. The summed E-state index contributed by atoms with van der Waals surface area (Å²) in [5.74, 6) is -1.22. The van der Waals surface area contributed by atoms with Crippen molar-refractivity contribution in [1.82, 2.24) is 10.2 Å². The highest BCUT2D eigenvalue weighted by Gasteiger charge is 2.38. The summed E-state index contributed by atoms with van der Waals surface area (Å²) in [7, 11) is 3.98. The van der Waals surface area contributed by atoms with Gasteiger partial charge in [0.2, 0.25) is 5.91 Å². The molecule has 2 N–H and O–H groups in total. The molecule has 0 bridgehead atoms. The van der Waals surface area contributed by atoms with Crippen molar-refractivity contribution < 1.29 is 14.7 Å². The first-order chi connectivity index (χ1) is 8.90. The van der Waals surface area contributed by atoms with Crippen molar-refractivity contribution in [2.45, 2.75) is 41.0 Å². The molecule has 5 heteroatoms. The van der Waals surface area contributed by atoms with Crippen molar-refractivity contribution in [3.8, 4) is 0 Å². The Kier molecular flexibility index (Phi) is 6.68. The zero-order chi connectivity index (χ0) is 16.1.